The van der Waals surface area contributed by atoms with Crippen LogP contribution in [-0.4, -0.2) is 167 Å². The van der Waals surface area contributed by atoms with Crippen molar-refractivity contribution in [2.75, 3.05) is 20.8 Å². The van der Waals surface area contributed by atoms with Crippen LogP contribution in [0.15, 0.2) is 56.9 Å². The maximum atomic E-state index is 15.2. The van der Waals surface area contributed by atoms with E-state index in [9.17, 15) is 34.2 Å². The lowest BCUT2D eigenvalue weighted by Crippen LogP contribution is -2.58. The van der Waals surface area contributed by atoms with Gasteiger partial charge in [0.2, 0.25) is 5.91 Å². The Kier molecular flexibility index (Phi) is 17.0. The number of fused-ring (bicyclic) bond motifs is 16. The quantitative estimate of drug-likeness (QED) is 0.0772. The molecule has 11 atom stereocenters. The Balaban J connectivity index is 0.985. The number of nitrogens with two attached hydrogens (primary N) is 1. The molecule has 0 aliphatic carbocycles. The van der Waals surface area contributed by atoms with Gasteiger partial charge >= 0.3 is 11.9 Å². The highest BCUT2D eigenvalue weighted by atomic mass is 32.1. The van der Waals surface area contributed by atoms with Crippen LogP contribution in [0.1, 0.15) is 132 Å². The van der Waals surface area contributed by atoms with Gasteiger partial charge in [-0.1, -0.05) is 12.1 Å². The van der Waals surface area contributed by atoms with E-state index in [0.717, 1.165) is 56.7 Å². The lowest BCUT2D eigenvalue weighted by Gasteiger charge is -2.45. The molecule has 2 unspecified atom stereocenters. The third-order valence-corrected chi connectivity index (χ3v) is 21.0. The van der Waals surface area contributed by atoms with E-state index in [1.165, 1.54) is 48.5 Å². The van der Waals surface area contributed by atoms with E-state index in [2.05, 4.69) is 46.1 Å². The Labute approximate surface area is 547 Å². The fourth-order valence-electron chi connectivity index (χ4n) is 12.0. The van der Waals surface area contributed by atoms with E-state index in [0.29, 0.717) is 16.5 Å². The molecule has 0 saturated carbocycles. The van der Waals surface area contributed by atoms with Gasteiger partial charge in [0.15, 0.2) is 12.4 Å². The van der Waals surface area contributed by atoms with Crippen LogP contribution in [0.5, 0.6) is 5.75 Å². The molecule has 2 fully saturated rings. The molecule has 8 aromatic rings. The Hall–Kier alpha value is -8.55. The van der Waals surface area contributed by atoms with Gasteiger partial charge in [0.05, 0.1) is 37.6 Å². The first-order chi connectivity index (χ1) is 44.5. The first-order valence-electron chi connectivity index (χ1n) is 28.8. The molecule has 93 heavy (non-hydrogen) atoms. The maximum Gasteiger partial charge on any atom is 0.355 e. The minimum absolute atomic E-state index is 0.0213. The number of carbonyl (C=O) groups excluding carboxylic acids is 7. The van der Waals surface area contributed by atoms with Crippen LogP contribution in [0.3, 0.4) is 0 Å². The molecule has 0 spiro atoms. The summed E-state index contributed by atoms with van der Waals surface area (Å²) >= 11 is 4.82. The number of aromatic hydroxyl groups is 1. The predicted molar refractivity (Wildman–Crippen MR) is 334 cm³/mol. The van der Waals surface area contributed by atoms with Gasteiger partial charge in [-0.15, -0.1) is 56.7 Å². The van der Waals surface area contributed by atoms with Crippen LogP contribution >= 0.6 is 56.7 Å². The number of thiazole rings is 5. The molecule has 5 aliphatic rings. The number of ether oxygens (including phenoxy) is 7. The summed E-state index contributed by atoms with van der Waals surface area (Å²) in [5.74, 6) is -6.47. The van der Waals surface area contributed by atoms with E-state index in [1.807, 2.05) is 27.8 Å². The molecule has 484 valence electrons. The summed E-state index contributed by atoms with van der Waals surface area (Å²) in [6.07, 6.45) is -6.76. The summed E-state index contributed by atoms with van der Waals surface area (Å²) in [5.41, 5.74) is 5.31. The second-order valence-electron chi connectivity index (χ2n) is 22.6. The zero-order chi connectivity index (χ0) is 65.5. The zero-order valence-corrected chi connectivity index (χ0v) is 54.2. The Morgan fingerprint density at radius 1 is 0.828 bits per heavy atom. The number of aromatic amines is 1. The predicted octanol–water partition coefficient (Wildman–Crippen LogP) is 5.31. The molecule has 1 aromatic carbocycles. The Morgan fingerprint density at radius 2 is 1.52 bits per heavy atom. The van der Waals surface area contributed by atoms with Crippen molar-refractivity contribution in [2.45, 2.75) is 121 Å². The molecule has 5 aliphatic heterocycles. The largest absolute Gasteiger partial charge is 0.506 e. The SMILES string of the molecule is CO/C(C)=C1/NC(=O)[C@H]([C@@H](C)O)NC(=O)c2csc(n2)-c2cc(O)c(-c3nc(C(N)=O)cs3)nc2-c2csc(n2)[C@@H]2COC(=O)c3[nH]c4cccc5c4c3COC([C@H](O[C@H]3C[C@]4(C)OC(C)N(C)[C@@H]4[C@H](C)O3)C(=O)OC5)[C@H](NC(=O)c3csc1n3)c1nc(cs1)C(=O)N2. The lowest BCUT2D eigenvalue weighted by molar-refractivity contribution is -0.269. The number of methoxy groups -OCH3 is 1. The summed E-state index contributed by atoms with van der Waals surface area (Å²) in [6, 6.07) is 1.85. The second kappa shape index (κ2) is 25.1. The first-order valence-corrected chi connectivity index (χ1v) is 33.2. The number of aromatic nitrogens is 7. The van der Waals surface area contributed by atoms with Crippen LogP contribution in [0.4, 0.5) is 0 Å². The number of hydrogen-bond acceptors (Lipinski definition) is 28. The van der Waals surface area contributed by atoms with Crippen LogP contribution < -0.4 is 27.0 Å². The highest BCUT2D eigenvalue weighted by Gasteiger charge is 2.56. The minimum Gasteiger partial charge on any atom is -0.506 e. The number of primary amides is 1. The van der Waals surface area contributed by atoms with E-state index < -0.39 is 115 Å². The van der Waals surface area contributed by atoms with Crippen molar-refractivity contribution in [1.82, 2.24) is 61.1 Å². The third kappa shape index (κ3) is 11.9. The standard InChI is InChI=1S/C59H57N13O16S5/c1-21(73)38-51(79)70-39(22(2)82-7)54-66-34(20-92-54)50(78)71-43-44-45(87-36-12-59(5)46(23(3)86-36)72(6)24(4)88-59)58(81)84-13-25-9-8-10-28-37(25)27(14-83-44)41(61-28)57(80)85-15-29(62-48(76)32-19-93-56(43)67-32)53-63-30(16-90-53)40-26(52-65-33(18-89-52)49(77)69-38)11-35(74)42(68-40)55-64-31(17-91-55)47(60)75/h8-11,16-21,23-24,29,36,38,43-46,61,73-74H,12-15H2,1-7H3,(H2,60,75)(H,62,76)(H,69,77)(H,70,79)(H,71,78)/b39-22+/t21-,23+,24?,29+,36+,38+,43+,44?,45+,46-,59+/m1/s1. The number of nitrogens with one attached hydrogen (secondary N) is 5. The molecule has 7 aromatic heterocycles. The summed E-state index contributed by atoms with van der Waals surface area (Å²) in [7, 11) is 3.26. The number of likely N-dealkylation sites (N-methyl/N-ethyl adjacent to an activating group) is 1. The van der Waals surface area contributed by atoms with Gasteiger partial charge in [-0.25, -0.2) is 39.5 Å². The maximum absolute atomic E-state index is 15.2. The fourth-order valence-corrected chi connectivity index (χ4v) is 16.1. The number of hydrogen-bond donors (Lipinski definition) is 8. The number of H-pyrrole nitrogens is 1. The molecular formula is C59H57N13O16S5. The molecule has 29 nitrogen and oxygen atoms in total. The van der Waals surface area contributed by atoms with Gasteiger partial charge in [-0.2, -0.15) is 0 Å². The van der Waals surface area contributed by atoms with Gasteiger partial charge < -0.3 is 75.4 Å². The third-order valence-electron chi connectivity index (χ3n) is 16.5. The first kappa shape index (κ1) is 63.2. The minimum atomic E-state index is -1.77. The molecule has 12 heterocycles. The topological polar surface area (TPSA) is 395 Å². The average Bonchev–Trinajstić information content (AvgIpc) is 1.66. The average molecular weight is 1360 g/mol. The number of rotatable bonds is 6. The molecule has 5 amide bonds. The number of pyridine rings is 1. The summed E-state index contributed by atoms with van der Waals surface area (Å²) in [5, 5.41) is 42.0. The van der Waals surface area contributed by atoms with Gasteiger partial charge in [0, 0.05) is 55.4 Å². The van der Waals surface area contributed by atoms with Crippen LogP contribution in [0.2, 0.25) is 0 Å². The van der Waals surface area contributed by atoms with E-state index >= 15 is 9.59 Å². The number of benzene rings is 1. The highest BCUT2D eigenvalue weighted by molar-refractivity contribution is 7.14. The zero-order valence-electron chi connectivity index (χ0n) is 50.2. The highest BCUT2D eigenvalue weighted by Crippen LogP contribution is 2.45. The van der Waals surface area contributed by atoms with Gasteiger partial charge in [0.1, 0.15) is 131 Å². The summed E-state index contributed by atoms with van der Waals surface area (Å²) < 4.78 is 44.8. The Bertz CT molecular complexity index is 4380. The van der Waals surface area contributed by atoms with Crippen molar-refractivity contribution in [3.8, 4) is 38.4 Å². The molecule has 13 rings (SSSR count). The van der Waals surface area contributed by atoms with Crippen molar-refractivity contribution < 1.29 is 76.9 Å². The van der Waals surface area contributed by atoms with Crippen molar-refractivity contribution in [1.29, 1.82) is 0 Å². The molecule has 34 heteroatoms. The molecule has 2 saturated heterocycles. The summed E-state index contributed by atoms with van der Waals surface area (Å²) in [6.45, 7) is 7.22. The van der Waals surface area contributed by atoms with E-state index in [-0.39, 0.29) is 118 Å². The number of aliphatic hydroxyl groups is 1. The number of allylic oxidation sites excluding steroid dienone is 1. The normalized spacial score (nSPS) is 26.3. The van der Waals surface area contributed by atoms with Gasteiger partial charge in [0.25, 0.3) is 23.6 Å². The lowest BCUT2D eigenvalue weighted by atomic mass is 9.86. The van der Waals surface area contributed by atoms with Crippen molar-refractivity contribution >= 4 is 115 Å². The molecule has 9 N–H and O–H groups in total. The van der Waals surface area contributed by atoms with Crippen LogP contribution in [0.25, 0.3) is 49.3 Å². The van der Waals surface area contributed by atoms with Crippen LogP contribution in [0, 0.1) is 0 Å². The molecular weight excluding hydrogens is 1310 g/mol. The van der Waals surface area contributed by atoms with E-state index in [4.69, 9.17) is 53.8 Å². The number of nitrogens with zero attached hydrogens (tertiary/aromatic N) is 7. The monoisotopic (exact) mass is 1360 g/mol. The van der Waals surface area contributed by atoms with Gasteiger partial charge in [-0.3, -0.25) is 28.9 Å². The summed E-state index contributed by atoms with van der Waals surface area (Å²) in [4.78, 5) is 134. The number of cyclic esters (lactones) is 2. The van der Waals surface area contributed by atoms with Crippen molar-refractivity contribution in [2.24, 2.45) is 5.73 Å². The second-order valence-corrected chi connectivity index (χ2v) is 27.0. The molecule has 0 radical (unpaired) electrons. The Morgan fingerprint density at radius 3 is 2.27 bits per heavy atom. The van der Waals surface area contributed by atoms with E-state index in [1.54, 1.807) is 23.6 Å². The smallest absolute Gasteiger partial charge is 0.355 e. The number of amides is 5. The fraction of sp³-hybridized carbons (Fsp3) is 0.373. The number of aliphatic hydroxyl groups excluding tert-OH is 1. The van der Waals surface area contributed by atoms with Crippen LogP contribution in [-0.2, 0) is 56.0 Å². The molecule has 12 bridgehead atoms. The van der Waals surface area contributed by atoms with Crippen molar-refractivity contribution in [3.05, 3.63) is 112 Å². The van der Waals surface area contributed by atoms with Gasteiger partial charge in [-0.05, 0) is 59.4 Å². The van der Waals surface area contributed by atoms with Crippen molar-refractivity contribution in [3.63, 3.8) is 0 Å². The number of carbonyl (C=O) groups is 7. The number of esters is 2.